The van der Waals surface area contributed by atoms with E-state index in [-0.39, 0.29) is 0 Å². The molecular weight excluding hydrogens is 383 g/mol. The van der Waals surface area contributed by atoms with Crippen LogP contribution in [0.2, 0.25) is 0 Å². The van der Waals surface area contributed by atoms with E-state index in [4.69, 9.17) is 9.84 Å². The Morgan fingerprint density at radius 2 is 1.62 bits per heavy atom. The number of benzene rings is 2. The summed E-state index contributed by atoms with van der Waals surface area (Å²) in [6.07, 6.45) is -6.98. The van der Waals surface area contributed by atoms with E-state index in [0.29, 0.717) is 16.7 Å². The van der Waals surface area contributed by atoms with Crippen molar-refractivity contribution in [3.8, 4) is 11.1 Å². The maximum Gasteiger partial charge on any atom is 0.313 e. The van der Waals surface area contributed by atoms with E-state index in [2.05, 4.69) is 0 Å². The molecule has 2 rings (SSSR count). The van der Waals surface area contributed by atoms with Crippen molar-refractivity contribution in [1.82, 2.24) is 0 Å². The zero-order valence-electron chi connectivity index (χ0n) is 15.9. The Morgan fingerprint density at radius 1 is 1.00 bits per heavy atom. The molecule has 7 nitrogen and oxygen atoms in total. The van der Waals surface area contributed by atoms with Gasteiger partial charge < -0.3 is 30.3 Å². The third kappa shape index (κ3) is 5.81. The predicted octanol–water partition coefficient (Wildman–Crippen LogP) is 0.575. The highest BCUT2D eigenvalue weighted by molar-refractivity contribution is 5.78. The van der Waals surface area contributed by atoms with Crippen molar-refractivity contribution in [3.05, 3.63) is 59.9 Å². The molecule has 0 aliphatic heterocycles. The first kappa shape index (κ1) is 22.9. The lowest BCUT2D eigenvalue weighted by Gasteiger charge is -2.25. The van der Waals surface area contributed by atoms with Crippen molar-refractivity contribution >= 4 is 5.97 Å². The lowest BCUT2D eigenvalue weighted by molar-refractivity contribution is -0.157. The monoisotopic (exact) mass is 408 g/mol. The zero-order valence-corrected chi connectivity index (χ0v) is 15.9. The molecule has 5 atom stereocenters. The van der Waals surface area contributed by atoms with E-state index in [1.54, 1.807) is 36.4 Å². The number of rotatable bonds is 9. The first-order chi connectivity index (χ1) is 13.8. The summed E-state index contributed by atoms with van der Waals surface area (Å²) in [4.78, 5) is 12.2. The zero-order chi connectivity index (χ0) is 21.6. The molecule has 8 heteroatoms. The quantitative estimate of drug-likeness (QED) is 0.384. The fourth-order valence-corrected chi connectivity index (χ4v) is 2.74. The summed E-state index contributed by atoms with van der Waals surface area (Å²) in [6, 6.07) is 13.3. The molecule has 0 fully saturated rings. The van der Waals surface area contributed by atoms with Gasteiger partial charge in [-0.25, -0.2) is 4.39 Å². The smallest absolute Gasteiger partial charge is 0.313 e. The van der Waals surface area contributed by atoms with Crippen LogP contribution in [0.15, 0.2) is 48.5 Å². The van der Waals surface area contributed by atoms with Crippen molar-refractivity contribution in [2.45, 2.75) is 37.3 Å². The summed E-state index contributed by atoms with van der Waals surface area (Å²) in [5, 5.41) is 47.1. The van der Waals surface area contributed by atoms with Crippen LogP contribution in [0.3, 0.4) is 0 Å². The Labute approximate surface area is 167 Å². The van der Waals surface area contributed by atoms with Gasteiger partial charge in [0, 0.05) is 5.56 Å². The molecule has 0 radical (unpaired) electrons. The first-order valence-electron chi connectivity index (χ1n) is 9.10. The molecule has 0 amide bonds. The van der Waals surface area contributed by atoms with Gasteiger partial charge in [0.1, 0.15) is 36.8 Å². The molecule has 158 valence electrons. The van der Waals surface area contributed by atoms with Crippen LogP contribution in [0.4, 0.5) is 4.39 Å². The number of esters is 1. The molecule has 5 N–H and O–H groups in total. The van der Waals surface area contributed by atoms with Gasteiger partial charge in [-0.1, -0.05) is 42.5 Å². The third-order valence-electron chi connectivity index (χ3n) is 4.65. The Bertz CT molecular complexity index is 799. The second-order valence-electron chi connectivity index (χ2n) is 6.76. The standard InChI is InChI=1S/C21H25FO7/c1-12(21(28)29-11-18(25)20(27)19(26)17(24)10-23)14-7-8-15(16(22)9-14)13-5-3-2-4-6-13/h2-9,12,17-20,23-27H,10-11H2,1H3/t12?,17-,18+,19-,20-/m1/s1. The van der Waals surface area contributed by atoms with Crippen molar-refractivity contribution in [2.75, 3.05) is 13.2 Å². The summed E-state index contributed by atoms with van der Waals surface area (Å²) in [5.74, 6) is -2.10. The van der Waals surface area contributed by atoms with Crippen LogP contribution >= 0.6 is 0 Å². The van der Waals surface area contributed by atoms with Crippen molar-refractivity contribution in [2.24, 2.45) is 0 Å². The highest BCUT2D eigenvalue weighted by Gasteiger charge is 2.31. The van der Waals surface area contributed by atoms with Crippen LogP contribution in [-0.4, -0.2) is 69.1 Å². The van der Waals surface area contributed by atoms with E-state index in [1.165, 1.54) is 13.0 Å². The normalized spacial score (nSPS) is 16.5. The fourth-order valence-electron chi connectivity index (χ4n) is 2.74. The maximum atomic E-state index is 14.5. The van der Waals surface area contributed by atoms with E-state index in [1.807, 2.05) is 6.07 Å². The number of carbonyl (C=O) groups excluding carboxylic acids is 1. The Morgan fingerprint density at radius 3 is 2.21 bits per heavy atom. The Balaban J connectivity index is 1.99. The maximum absolute atomic E-state index is 14.5. The van der Waals surface area contributed by atoms with E-state index < -0.39 is 55.3 Å². The molecule has 0 bridgehead atoms. The number of hydrogen-bond acceptors (Lipinski definition) is 7. The number of carbonyl (C=O) groups is 1. The lowest BCUT2D eigenvalue weighted by Crippen LogP contribution is -2.47. The van der Waals surface area contributed by atoms with Crippen LogP contribution in [0.5, 0.6) is 0 Å². The van der Waals surface area contributed by atoms with Crippen molar-refractivity contribution in [1.29, 1.82) is 0 Å². The van der Waals surface area contributed by atoms with Gasteiger partial charge in [-0.05, 0) is 24.1 Å². The van der Waals surface area contributed by atoms with Gasteiger partial charge >= 0.3 is 5.97 Å². The molecule has 29 heavy (non-hydrogen) atoms. The van der Waals surface area contributed by atoms with Gasteiger partial charge in [0.15, 0.2) is 0 Å². The third-order valence-corrected chi connectivity index (χ3v) is 4.65. The molecular formula is C21H25FO7. The molecule has 2 aromatic carbocycles. The molecule has 0 saturated carbocycles. The topological polar surface area (TPSA) is 127 Å². The largest absolute Gasteiger partial charge is 0.462 e. The molecule has 0 saturated heterocycles. The van der Waals surface area contributed by atoms with E-state index >= 15 is 0 Å². The molecule has 0 aromatic heterocycles. The van der Waals surface area contributed by atoms with Crippen LogP contribution in [-0.2, 0) is 9.53 Å². The fraction of sp³-hybridized carbons (Fsp3) is 0.381. The minimum atomic E-state index is -1.83. The first-order valence-corrected chi connectivity index (χ1v) is 9.10. The second kappa shape index (κ2) is 10.4. The van der Waals surface area contributed by atoms with Gasteiger partial charge in [-0.15, -0.1) is 0 Å². The number of hydrogen-bond donors (Lipinski definition) is 5. The van der Waals surface area contributed by atoms with Crippen molar-refractivity contribution < 1.29 is 39.5 Å². The lowest BCUT2D eigenvalue weighted by atomic mass is 9.97. The molecule has 2 aromatic rings. The number of aliphatic hydroxyl groups is 5. The highest BCUT2D eigenvalue weighted by Crippen LogP contribution is 2.26. The van der Waals surface area contributed by atoms with Gasteiger partial charge in [0.25, 0.3) is 0 Å². The summed E-state index contributed by atoms with van der Waals surface area (Å²) in [5.41, 5.74) is 1.47. The average Bonchev–Trinajstić information content (AvgIpc) is 2.75. The van der Waals surface area contributed by atoms with Gasteiger partial charge in [0.05, 0.1) is 12.5 Å². The summed E-state index contributed by atoms with van der Waals surface area (Å²) < 4.78 is 19.4. The second-order valence-corrected chi connectivity index (χ2v) is 6.76. The van der Waals surface area contributed by atoms with Crippen LogP contribution in [0, 0.1) is 5.82 Å². The molecule has 0 aliphatic rings. The van der Waals surface area contributed by atoms with Crippen molar-refractivity contribution in [3.63, 3.8) is 0 Å². The SMILES string of the molecule is CC(C(=O)OC[C@H](O)[C@@H](O)[C@H](O)[C@H](O)CO)c1ccc(-c2ccccc2)c(F)c1. The van der Waals surface area contributed by atoms with Gasteiger partial charge in [-0.3, -0.25) is 4.79 Å². The minimum absolute atomic E-state index is 0.373. The number of ether oxygens (including phenoxy) is 1. The van der Waals surface area contributed by atoms with E-state index in [0.717, 1.165) is 0 Å². The number of aliphatic hydroxyl groups excluding tert-OH is 5. The molecule has 1 unspecified atom stereocenters. The number of halogens is 1. The summed E-state index contributed by atoms with van der Waals surface area (Å²) in [7, 11) is 0. The Hall–Kier alpha value is -2.36. The molecule has 0 spiro atoms. The van der Waals surface area contributed by atoms with Crippen LogP contribution in [0.1, 0.15) is 18.4 Å². The van der Waals surface area contributed by atoms with Crippen LogP contribution < -0.4 is 0 Å². The molecule has 0 heterocycles. The van der Waals surface area contributed by atoms with Gasteiger partial charge in [0.2, 0.25) is 0 Å². The summed E-state index contributed by atoms with van der Waals surface area (Å²) in [6.45, 7) is 0.0446. The average molecular weight is 408 g/mol. The molecule has 0 aliphatic carbocycles. The van der Waals surface area contributed by atoms with Gasteiger partial charge in [-0.2, -0.15) is 0 Å². The van der Waals surface area contributed by atoms with Crippen LogP contribution in [0.25, 0.3) is 11.1 Å². The Kier molecular flexibility index (Phi) is 8.24. The highest BCUT2D eigenvalue weighted by atomic mass is 19.1. The minimum Gasteiger partial charge on any atom is -0.462 e. The predicted molar refractivity (Wildman–Crippen MR) is 102 cm³/mol. The van der Waals surface area contributed by atoms with E-state index in [9.17, 15) is 29.6 Å². The summed E-state index contributed by atoms with van der Waals surface area (Å²) >= 11 is 0.